The molecule has 0 aromatic heterocycles. The molecule has 0 unspecified atom stereocenters. The Morgan fingerprint density at radius 3 is 1.70 bits per heavy atom. The predicted octanol–water partition coefficient (Wildman–Crippen LogP) is 4.87. The Morgan fingerprint density at radius 1 is 0.739 bits per heavy atom. The second-order valence-corrected chi connectivity index (χ2v) is 5.92. The molecule has 116 valence electrons. The average Bonchev–Trinajstić information content (AvgIpc) is 2.64. The lowest BCUT2D eigenvalue weighted by molar-refractivity contribution is 0.0830. The summed E-state index contributed by atoms with van der Waals surface area (Å²) in [6.45, 7) is 0. The lowest BCUT2D eigenvalue weighted by atomic mass is 9.80. The minimum absolute atomic E-state index is 0.0902. The lowest BCUT2D eigenvalue weighted by Gasteiger charge is -2.21. The van der Waals surface area contributed by atoms with Crippen LogP contribution in [0.5, 0.6) is 0 Å². The summed E-state index contributed by atoms with van der Waals surface area (Å²) < 4.78 is 0. The number of benzene rings is 2. The van der Waals surface area contributed by atoms with Gasteiger partial charge < -0.3 is 0 Å². The third-order valence-corrected chi connectivity index (χ3v) is 4.34. The van der Waals surface area contributed by atoms with E-state index in [2.05, 4.69) is 6.08 Å². The molecule has 1 aliphatic carbocycles. The Kier molecular flexibility index (Phi) is 4.82. The maximum Gasteiger partial charge on any atom is 0.177 e. The van der Waals surface area contributed by atoms with E-state index in [4.69, 9.17) is 0 Å². The van der Waals surface area contributed by atoms with E-state index in [1.165, 1.54) is 0 Å². The highest BCUT2D eigenvalue weighted by atomic mass is 16.2. The van der Waals surface area contributed by atoms with Gasteiger partial charge in [0.1, 0.15) is 5.92 Å². The van der Waals surface area contributed by atoms with Crippen LogP contribution in [-0.4, -0.2) is 11.6 Å². The van der Waals surface area contributed by atoms with Gasteiger partial charge in [-0.2, -0.15) is 0 Å². The van der Waals surface area contributed by atoms with Crippen molar-refractivity contribution < 1.29 is 9.59 Å². The molecule has 2 heteroatoms. The van der Waals surface area contributed by atoms with Crippen LogP contribution in [0.15, 0.2) is 72.3 Å². The molecule has 0 atom stereocenters. The van der Waals surface area contributed by atoms with Crippen LogP contribution in [0, 0.1) is 5.92 Å². The van der Waals surface area contributed by atoms with Crippen molar-refractivity contribution in [2.24, 2.45) is 5.92 Å². The molecule has 2 aromatic rings. The van der Waals surface area contributed by atoms with Gasteiger partial charge in [-0.1, -0.05) is 72.3 Å². The Hall–Kier alpha value is -2.48. The molecule has 0 aliphatic heterocycles. The molecule has 0 heterocycles. The normalized spacial score (nSPS) is 14.4. The summed E-state index contributed by atoms with van der Waals surface area (Å²) in [6.07, 6.45) is 6.06. The van der Waals surface area contributed by atoms with Gasteiger partial charge in [0.05, 0.1) is 0 Å². The fraction of sp³-hybridized carbons (Fsp3) is 0.238. The zero-order chi connectivity index (χ0) is 16.1. The molecular weight excluding hydrogens is 284 g/mol. The Labute approximate surface area is 136 Å². The number of carbonyl (C=O) groups excluding carboxylic acids is 2. The molecule has 23 heavy (non-hydrogen) atoms. The number of rotatable bonds is 5. The number of allylic oxidation sites excluding steroid dienone is 2. The van der Waals surface area contributed by atoms with Crippen LogP contribution in [0.2, 0.25) is 0 Å². The van der Waals surface area contributed by atoms with E-state index in [1.807, 2.05) is 36.4 Å². The van der Waals surface area contributed by atoms with Gasteiger partial charge in [0.25, 0.3) is 0 Å². The SMILES string of the molecule is O=C(c1ccccc1)C(C(=O)c1ccccc1)C1=CCCCC1. The Bertz CT molecular complexity index is 663. The van der Waals surface area contributed by atoms with Crippen LogP contribution in [0.4, 0.5) is 0 Å². The van der Waals surface area contributed by atoms with E-state index >= 15 is 0 Å². The minimum Gasteiger partial charge on any atom is -0.293 e. The van der Waals surface area contributed by atoms with E-state index in [1.54, 1.807) is 24.3 Å². The molecule has 0 radical (unpaired) electrons. The summed E-state index contributed by atoms with van der Waals surface area (Å²) in [5.41, 5.74) is 2.19. The molecule has 0 amide bonds. The fourth-order valence-corrected chi connectivity index (χ4v) is 3.12. The van der Waals surface area contributed by atoms with Gasteiger partial charge >= 0.3 is 0 Å². The molecule has 0 N–H and O–H groups in total. The van der Waals surface area contributed by atoms with Gasteiger partial charge in [0, 0.05) is 11.1 Å². The number of Topliss-reactive ketones (excluding diaryl/α,β-unsaturated/α-hetero) is 2. The first-order valence-electron chi connectivity index (χ1n) is 8.15. The van der Waals surface area contributed by atoms with Crippen molar-refractivity contribution in [3.05, 3.63) is 83.4 Å². The van der Waals surface area contributed by atoms with Gasteiger partial charge in [0.2, 0.25) is 0 Å². The molecule has 0 fully saturated rings. The van der Waals surface area contributed by atoms with Crippen LogP contribution >= 0.6 is 0 Å². The fourth-order valence-electron chi connectivity index (χ4n) is 3.12. The standard InChI is InChI=1S/C21H20O2/c22-20(17-12-6-2-7-13-17)19(16-10-4-1-5-11-16)21(23)18-14-8-3-9-15-18/h2-3,6-10,12-15,19H,1,4-5,11H2. The molecule has 2 nitrogen and oxygen atoms in total. The first-order chi connectivity index (χ1) is 11.3. The van der Waals surface area contributed by atoms with Crippen molar-refractivity contribution in [3.63, 3.8) is 0 Å². The van der Waals surface area contributed by atoms with E-state index in [0.717, 1.165) is 31.3 Å². The zero-order valence-corrected chi connectivity index (χ0v) is 13.1. The van der Waals surface area contributed by atoms with Crippen molar-refractivity contribution in [1.82, 2.24) is 0 Å². The Morgan fingerprint density at radius 2 is 1.26 bits per heavy atom. The van der Waals surface area contributed by atoms with E-state index in [-0.39, 0.29) is 11.6 Å². The molecule has 0 saturated carbocycles. The molecule has 0 saturated heterocycles. The van der Waals surface area contributed by atoms with Gasteiger partial charge in [-0.05, 0) is 25.7 Å². The summed E-state index contributed by atoms with van der Waals surface area (Å²) >= 11 is 0. The van der Waals surface area contributed by atoms with Crippen molar-refractivity contribution in [2.45, 2.75) is 25.7 Å². The van der Waals surface area contributed by atoms with Crippen molar-refractivity contribution >= 4 is 11.6 Å². The van der Waals surface area contributed by atoms with Crippen molar-refractivity contribution in [3.8, 4) is 0 Å². The predicted molar refractivity (Wildman–Crippen MR) is 91.6 cm³/mol. The second kappa shape index (κ2) is 7.19. The summed E-state index contributed by atoms with van der Waals surface area (Å²) in [5, 5.41) is 0. The van der Waals surface area contributed by atoms with Crippen molar-refractivity contribution in [2.75, 3.05) is 0 Å². The van der Waals surface area contributed by atoms with Crippen molar-refractivity contribution in [1.29, 1.82) is 0 Å². The second-order valence-electron chi connectivity index (χ2n) is 5.92. The van der Waals surface area contributed by atoms with Crippen LogP contribution in [0.3, 0.4) is 0 Å². The average molecular weight is 304 g/mol. The maximum atomic E-state index is 13.0. The third-order valence-electron chi connectivity index (χ3n) is 4.34. The van der Waals surface area contributed by atoms with Gasteiger partial charge in [-0.25, -0.2) is 0 Å². The highest BCUT2D eigenvalue weighted by molar-refractivity contribution is 6.18. The quantitative estimate of drug-likeness (QED) is 0.449. The van der Waals surface area contributed by atoms with Gasteiger partial charge in [0.15, 0.2) is 11.6 Å². The summed E-state index contributed by atoms with van der Waals surface area (Å²) in [6, 6.07) is 18.3. The number of hydrogen-bond acceptors (Lipinski definition) is 2. The lowest BCUT2D eigenvalue weighted by Crippen LogP contribution is -2.27. The topological polar surface area (TPSA) is 34.1 Å². The molecule has 3 rings (SSSR count). The number of hydrogen-bond donors (Lipinski definition) is 0. The van der Waals surface area contributed by atoms with E-state index in [9.17, 15) is 9.59 Å². The molecular formula is C21H20O2. The molecule has 1 aliphatic rings. The number of ketones is 2. The Balaban J connectivity index is 1.99. The monoisotopic (exact) mass is 304 g/mol. The summed E-state index contributed by atoms with van der Waals surface area (Å²) in [4.78, 5) is 26.0. The first kappa shape index (κ1) is 15.4. The highest BCUT2D eigenvalue weighted by Crippen LogP contribution is 2.29. The van der Waals surface area contributed by atoms with E-state index in [0.29, 0.717) is 11.1 Å². The molecule has 2 aromatic carbocycles. The highest BCUT2D eigenvalue weighted by Gasteiger charge is 2.32. The van der Waals surface area contributed by atoms with Crippen LogP contribution in [-0.2, 0) is 0 Å². The maximum absolute atomic E-state index is 13.0. The summed E-state index contributed by atoms with van der Waals surface area (Å²) in [7, 11) is 0. The minimum atomic E-state index is -0.680. The molecule has 0 bridgehead atoms. The van der Waals surface area contributed by atoms with E-state index < -0.39 is 5.92 Å². The number of carbonyl (C=O) groups is 2. The smallest absolute Gasteiger partial charge is 0.177 e. The zero-order valence-electron chi connectivity index (χ0n) is 13.1. The van der Waals surface area contributed by atoms with Crippen LogP contribution < -0.4 is 0 Å². The van der Waals surface area contributed by atoms with Gasteiger partial charge in [-0.15, -0.1) is 0 Å². The first-order valence-corrected chi connectivity index (χ1v) is 8.15. The van der Waals surface area contributed by atoms with Gasteiger partial charge in [-0.3, -0.25) is 9.59 Å². The summed E-state index contributed by atoms with van der Waals surface area (Å²) in [5.74, 6) is -0.861. The van der Waals surface area contributed by atoms with Crippen LogP contribution in [0.1, 0.15) is 46.4 Å². The largest absolute Gasteiger partial charge is 0.293 e. The molecule has 0 spiro atoms. The van der Waals surface area contributed by atoms with Crippen LogP contribution in [0.25, 0.3) is 0 Å². The third kappa shape index (κ3) is 3.48.